The van der Waals surface area contributed by atoms with Gasteiger partial charge in [-0.1, -0.05) is 66.9 Å². The summed E-state index contributed by atoms with van der Waals surface area (Å²) in [6, 6.07) is 38.9. The van der Waals surface area contributed by atoms with Crippen LogP contribution >= 0.6 is 45.5 Å². The molecule has 43 heteroatoms. The van der Waals surface area contributed by atoms with Gasteiger partial charge in [0.25, 0.3) is 47.3 Å². The number of alkyl halides is 12. The fourth-order valence-corrected chi connectivity index (χ4v) is 14.4. The smallest absolute Gasteiger partial charge is 0.417 e. The summed E-state index contributed by atoms with van der Waals surface area (Å²) in [5.41, 5.74) is 5.11. The van der Waals surface area contributed by atoms with Crippen LogP contribution < -0.4 is 52.2 Å². The summed E-state index contributed by atoms with van der Waals surface area (Å²) in [5.74, 6) is -4.18. The Labute approximate surface area is 721 Å². The van der Waals surface area contributed by atoms with Gasteiger partial charge in [0.2, 0.25) is 0 Å². The molecule has 0 bridgehead atoms. The third-order valence-corrected chi connectivity index (χ3v) is 21.0. The van der Waals surface area contributed by atoms with Crippen molar-refractivity contribution in [2.75, 3.05) is 60.5 Å². The molecule has 9 heterocycles. The van der Waals surface area contributed by atoms with Gasteiger partial charge in [0.05, 0.1) is 61.0 Å². The predicted molar refractivity (Wildman–Crippen MR) is 447 cm³/mol. The van der Waals surface area contributed by atoms with Gasteiger partial charge in [-0.2, -0.15) is 52.7 Å². The SMILES string of the molecule is CC(C)c1ccc(NC(=O)c2ncsc2NC(=O)c2cncc(C(F)(F)F)c2)cc1.O=C(Nc1scnc1C(=O)Nc1cccc(N2CCCC2)c1)c1cncc(C(F)(F)F)c1.O=C(Nc1scnc1C(=O)Nc1cccc(Oc2ccccc2)c1)c1cncc(C(F)(F)F)c1.O=C(Nc1snnc1C(=O)Nc1ccc2c(c1)CCC2)c1cncc(C(F)(F)F)c1. The fraction of sp³-hybridized carbons (Fsp3) is 0.169. The van der Waals surface area contributed by atoms with Crippen molar-refractivity contribution < 1.29 is 95.8 Å². The second-order valence-corrected chi connectivity index (χ2v) is 30.6. The largest absolute Gasteiger partial charge is 0.457 e. The van der Waals surface area contributed by atoms with Crippen LogP contribution in [0, 0.1) is 0 Å². The van der Waals surface area contributed by atoms with E-state index in [1.54, 1.807) is 60.7 Å². The van der Waals surface area contributed by atoms with E-state index in [1.807, 2.05) is 60.7 Å². The Morgan fingerprint density at radius 2 is 0.746 bits per heavy atom. The van der Waals surface area contributed by atoms with Crippen molar-refractivity contribution in [1.29, 1.82) is 0 Å². The molecule has 27 nitrogen and oxygen atoms in total. The number of halogens is 12. The molecule has 0 unspecified atom stereocenters. The third kappa shape index (κ3) is 24.6. The van der Waals surface area contributed by atoms with E-state index in [0.29, 0.717) is 89.2 Å². The number of hydrogen-bond acceptors (Lipinski definition) is 23. The number of rotatable bonds is 20. The highest BCUT2D eigenvalue weighted by Gasteiger charge is 2.36. The van der Waals surface area contributed by atoms with Gasteiger partial charge in [0, 0.05) is 109 Å². The first-order valence-corrected chi connectivity index (χ1v) is 40.6. The third-order valence-electron chi connectivity index (χ3n) is 18.1. The number of pyridine rings is 4. The number of ether oxygens (including phenoxy) is 1. The zero-order valence-corrected chi connectivity index (χ0v) is 68.3. The zero-order valence-electron chi connectivity index (χ0n) is 65.0. The second-order valence-electron chi connectivity index (χ2n) is 27.3. The molecule has 1 aliphatic carbocycles. The number of aryl methyl sites for hydroxylation is 2. The summed E-state index contributed by atoms with van der Waals surface area (Å²) in [6.45, 7) is 6.03. The van der Waals surface area contributed by atoms with Crippen molar-refractivity contribution >= 4 is 141 Å². The summed E-state index contributed by atoms with van der Waals surface area (Å²) in [4.78, 5) is 128. The standard InChI is InChI=1S/C23H15F3N4O3S.C21H18F3N5O2S.C20H17F3N4O2S.C19H14F3N5O2S/c24-23(25,26)15-9-14(11-27-12-15)20(31)30-22-19(28-13-34-22)21(32)29-16-5-4-8-18(10-16)33-17-6-2-1-3-7-17;22-21(23,24)14-8-13(10-25-11-14)18(30)28-20-17(26-12-32-20)19(31)27-15-4-3-5-16(9-15)29-6-1-2-7-29;1-11(2)12-3-5-15(6-4-12)26-18(29)16-19(30-10-25-16)27-17(28)13-7-14(9-24-8-13)20(21,22)23;20-19(21,22)13-6-12(8-23-9-13)16(28)25-18-15(26-27-30-18)17(29)24-14-5-4-10-2-1-3-11(10)7-14/h1-13H,(H,29,32)(H,30,31);3-5,8-12H,1-2,6-7H2,(H,27,31)(H,28,30);3-11H,1-2H3,(H,26,29)(H,27,28);4-9H,1-3H2,(H,24,29)(H,25,28). The van der Waals surface area contributed by atoms with Crippen molar-refractivity contribution in [1.82, 2.24) is 44.5 Å². The number of carbonyl (C=O) groups is 8. The molecule has 1 fully saturated rings. The van der Waals surface area contributed by atoms with Crippen molar-refractivity contribution in [3.8, 4) is 11.5 Å². The number of hydrogen-bond donors (Lipinski definition) is 8. The number of amides is 8. The molecule has 2 aliphatic rings. The molecule has 0 atom stereocenters. The van der Waals surface area contributed by atoms with Gasteiger partial charge in [-0.25, -0.2) is 15.0 Å². The molecule has 5 aromatic carbocycles. The highest BCUT2D eigenvalue weighted by atomic mass is 32.1. The average Bonchev–Trinajstić information content (AvgIpc) is 1.58. The molecule has 648 valence electrons. The highest BCUT2D eigenvalue weighted by Crippen LogP contribution is 2.37. The number of carbonyl (C=O) groups excluding carboxylic acids is 8. The van der Waals surface area contributed by atoms with Gasteiger partial charge in [-0.15, -0.1) is 39.1 Å². The van der Waals surface area contributed by atoms with Crippen molar-refractivity contribution in [3.63, 3.8) is 0 Å². The van der Waals surface area contributed by atoms with E-state index in [9.17, 15) is 91.0 Å². The van der Waals surface area contributed by atoms with E-state index >= 15 is 0 Å². The number of nitrogens with one attached hydrogen (secondary N) is 8. The van der Waals surface area contributed by atoms with E-state index < -0.39 is 94.2 Å². The van der Waals surface area contributed by atoms with Crippen LogP contribution in [-0.2, 0) is 37.5 Å². The average molecular weight is 1810 g/mol. The van der Waals surface area contributed by atoms with E-state index in [0.717, 1.165) is 127 Å². The number of nitrogens with zero attached hydrogens (tertiary/aromatic N) is 10. The highest BCUT2D eigenvalue weighted by molar-refractivity contribution is 7.15. The van der Waals surface area contributed by atoms with Crippen molar-refractivity contribution in [2.24, 2.45) is 0 Å². The normalized spacial score (nSPS) is 12.3. The van der Waals surface area contributed by atoms with Crippen LogP contribution in [0.2, 0.25) is 0 Å². The maximum atomic E-state index is 12.9. The van der Waals surface area contributed by atoms with E-state index in [1.165, 1.54) is 27.7 Å². The first-order chi connectivity index (χ1) is 60.1. The van der Waals surface area contributed by atoms with Crippen LogP contribution in [0.1, 0.15) is 161 Å². The number of aromatic nitrogens is 9. The number of benzene rings is 5. The van der Waals surface area contributed by atoms with Crippen molar-refractivity contribution in [2.45, 2.75) is 76.6 Å². The molecular weight excluding hydrogens is 1750 g/mol. The summed E-state index contributed by atoms with van der Waals surface area (Å²) < 4.78 is 164. The fourth-order valence-electron chi connectivity index (χ4n) is 11.9. The monoisotopic (exact) mass is 1810 g/mol. The minimum Gasteiger partial charge on any atom is -0.457 e. The summed E-state index contributed by atoms with van der Waals surface area (Å²) >= 11 is 3.67. The molecule has 15 rings (SSSR count). The number of thiazole rings is 3. The van der Waals surface area contributed by atoms with Crippen LogP contribution in [0.5, 0.6) is 11.5 Å². The first-order valence-electron chi connectivity index (χ1n) is 37.2. The molecule has 8 N–H and O–H groups in total. The maximum absolute atomic E-state index is 12.9. The lowest BCUT2D eigenvalue weighted by Crippen LogP contribution is -2.19. The summed E-state index contributed by atoms with van der Waals surface area (Å²) in [5, 5.41) is 24.6. The Morgan fingerprint density at radius 3 is 1.18 bits per heavy atom. The number of anilines is 9. The second kappa shape index (κ2) is 40.3. The van der Waals surface area contributed by atoms with Crippen LogP contribution in [0.4, 0.5) is 101 Å². The Kier molecular flexibility index (Phi) is 29.1. The van der Waals surface area contributed by atoms with Crippen LogP contribution in [0.25, 0.3) is 0 Å². The Hall–Kier alpha value is -14.3. The Morgan fingerprint density at radius 1 is 0.365 bits per heavy atom. The van der Waals surface area contributed by atoms with Crippen LogP contribution in [-0.4, -0.2) is 105 Å². The minimum atomic E-state index is -4.64. The molecule has 8 aromatic heterocycles. The summed E-state index contributed by atoms with van der Waals surface area (Å²) in [7, 11) is 0. The van der Waals surface area contributed by atoms with E-state index in [2.05, 4.69) is 106 Å². The van der Waals surface area contributed by atoms with Gasteiger partial charge in [0.15, 0.2) is 22.8 Å². The quantitative estimate of drug-likeness (QED) is 0.0329. The minimum absolute atomic E-state index is 0.0241. The Bertz CT molecular complexity index is 6120. The maximum Gasteiger partial charge on any atom is 0.417 e. The van der Waals surface area contributed by atoms with Crippen LogP contribution in [0.15, 0.2) is 212 Å². The van der Waals surface area contributed by atoms with Crippen LogP contribution in [0.3, 0.4) is 0 Å². The molecule has 1 saturated heterocycles. The van der Waals surface area contributed by atoms with Gasteiger partial charge < -0.3 is 52.2 Å². The van der Waals surface area contributed by atoms with Crippen molar-refractivity contribution in [3.05, 3.63) is 296 Å². The molecule has 126 heavy (non-hydrogen) atoms. The number of fused-ring (bicyclic) bond motifs is 1. The summed E-state index contributed by atoms with van der Waals surface area (Å²) in [6.07, 6.45) is -6.67. The van der Waals surface area contributed by atoms with Gasteiger partial charge >= 0.3 is 24.7 Å². The Balaban J connectivity index is 0.000000153. The molecule has 0 radical (unpaired) electrons. The molecule has 0 spiro atoms. The molecule has 1 aliphatic heterocycles. The lowest BCUT2D eigenvalue weighted by molar-refractivity contribution is -0.138. The van der Waals surface area contributed by atoms with E-state index in [4.69, 9.17) is 4.74 Å². The van der Waals surface area contributed by atoms with Gasteiger partial charge in [0.1, 0.15) is 31.5 Å². The topological polar surface area (TPSA) is 361 Å². The molecule has 8 amide bonds. The molecule has 0 saturated carbocycles. The first kappa shape index (κ1) is 90.9. The molecule has 13 aromatic rings. The van der Waals surface area contributed by atoms with Gasteiger partial charge in [-0.3, -0.25) is 58.3 Å². The lowest BCUT2D eigenvalue weighted by atomic mass is 10.0. The van der Waals surface area contributed by atoms with Gasteiger partial charge in [-0.05, 0) is 146 Å². The predicted octanol–water partition coefficient (Wildman–Crippen LogP) is 19.6. The van der Waals surface area contributed by atoms with E-state index in [-0.39, 0.29) is 65.0 Å². The zero-order chi connectivity index (χ0) is 90.0. The number of para-hydroxylation sites is 1. The lowest BCUT2D eigenvalue weighted by Gasteiger charge is -2.18. The molecular formula is C83H64F12N18O9S4.